The summed E-state index contributed by atoms with van der Waals surface area (Å²) in [7, 11) is 0. The first kappa shape index (κ1) is 9.69. The van der Waals surface area contributed by atoms with Gasteiger partial charge in [0.1, 0.15) is 0 Å². The van der Waals surface area contributed by atoms with Gasteiger partial charge in [-0.25, -0.2) is 0 Å². The fourth-order valence-electron chi connectivity index (χ4n) is 1.88. The minimum absolute atomic E-state index is 0.500. The molecule has 1 aromatic rings. The Hall–Kier alpha value is -0.860. The summed E-state index contributed by atoms with van der Waals surface area (Å²) in [6.07, 6.45) is 1.18. The predicted octanol–water partition coefficient (Wildman–Crippen LogP) is 2.13. The number of benzene rings is 1. The van der Waals surface area contributed by atoms with E-state index in [2.05, 4.69) is 43.5 Å². The first-order valence-electron chi connectivity index (χ1n) is 5.28. The zero-order valence-electron chi connectivity index (χ0n) is 8.83. The van der Waals surface area contributed by atoms with Crippen molar-refractivity contribution in [3.05, 3.63) is 35.4 Å². The molecule has 2 nitrogen and oxygen atoms in total. The van der Waals surface area contributed by atoms with Gasteiger partial charge in [0, 0.05) is 12.0 Å². The molecule has 0 bridgehead atoms. The van der Waals surface area contributed by atoms with E-state index in [1.54, 1.807) is 0 Å². The number of nitrogens with two attached hydrogens (primary N) is 1. The molecule has 1 saturated carbocycles. The van der Waals surface area contributed by atoms with Crippen LogP contribution in [0.15, 0.2) is 24.3 Å². The summed E-state index contributed by atoms with van der Waals surface area (Å²) in [5, 5.41) is 0. The summed E-state index contributed by atoms with van der Waals surface area (Å²) in [6, 6.07) is 9.42. The highest BCUT2D eigenvalue weighted by Gasteiger charge is 2.37. The van der Waals surface area contributed by atoms with Crippen molar-refractivity contribution in [1.82, 2.24) is 5.43 Å². The highest BCUT2D eigenvalue weighted by Crippen LogP contribution is 2.40. The van der Waals surface area contributed by atoms with E-state index < -0.39 is 0 Å². The summed E-state index contributed by atoms with van der Waals surface area (Å²) in [5.41, 5.74) is 5.65. The second-order valence-electron chi connectivity index (χ2n) is 4.44. The van der Waals surface area contributed by atoms with Crippen LogP contribution in [0, 0.1) is 0 Å². The average molecular weight is 190 g/mol. The maximum absolute atomic E-state index is 5.39. The fourth-order valence-corrected chi connectivity index (χ4v) is 1.88. The van der Waals surface area contributed by atoms with Gasteiger partial charge in [0.15, 0.2) is 0 Å². The SMILES string of the molecule is CC(C)c1ccc([C@H]2C[C@@H]2NN)cc1. The maximum atomic E-state index is 5.39. The average Bonchev–Trinajstić information content (AvgIpc) is 2.97. The summed E-state index contributed by atoms with van der Waals surface area (Å²) in [4.78, 5) is 0. The molecule has 1 aliphatic carbocycles. The third kappa shape index (κ3) is 1.81. The van der Waals surface area contributed by atoms with Crippen LogP contribution in [0.5, 0.6) is 0 Å². The molecule has 0 amide bonds. The molecular formula is C12H18N2. The molecule has 3 N–H and O–H groups in total. The quantitative estimate of drug-likeness (QED) is 0.566. The van der Waals surface area contributed by atoms with Gasteiger partial charge >= 0.3 is 0 Å². The fraction of sp³-hybridized carbons (Fsp3) is 0.500. The van der Waals surface area contributed by atoms with Crippen molar-refractivity contribution in [2.75, 3.05) is 0 Å². The van der Waals surface area contributed by atoms with Crippen molar-refractivity contribution < 1.29 is 0 Å². The molecule has 0 aromatic heterocycles. The van der Waals surface area contributed by atoms with Crippen LogP contribution in [0.4, 0.5) is 0 Å². The Balaban J connectivity index is 2.08. The molecule has 0 saturated heterocycles. The van der Waals surface area contributed by atoms with E-state index in [0.717, 1.165) is 0 Å². The number of rotatable bonds is 3. The molecule has 1 aromatic carbocycles. The molecule has 14 heavy (non-hydrogen) atoms. The first-order chi connectivity index (χ1) is 6.72. The lowest BCUT2D eigenvalue weighted by atomic mass is 10.0. The van der Waals surface area contributed by atoms with Crippen LogP contribution in [-0.4, -0.2) is 6.04 Å². The molecule has 76 valence electrons. The topological polar surface area (TPSA) is 38.0 Å². The van der Waals surface area contributed by atoms with Crippen LogP contribution >= 0.6 is 0 Å². The lowest BCUT2D eigenvalue weighted by molar-refractivity contribution is 0.715. The van der Waals surface area contributed by atoms with Gasteiger partial charge in [0.2, 0.25) is 0 Å². The molecule has 1 aliphatic rings. The number of nitrogens with one attached hydrogen (secondary N) is 1. The van der Waals surface area contributed by atoms with Gasteiger partial charge in [0.25, 0.3) is 0 Å². The Labute approximate surface area is 85.5 Å². The van der Waals surface area contributed by atoms with Crippen molar-refractivity contribution in [3.8, 4) is 0 Å². The van der Waals surface area contributed by atoms with Gasteiger partial charge < -0.3 is 0 Å². The third-order valence-corrected chi connectivity index (χ3v) is 3.04. The van der Waals surface area contributed by atoms with Gasteiger partial charge in [-0.3, -0.25) is 11.3 Å². The Kier molecular flexibility index (Phi) is 2.57. The lowest BCUT2D eigenvalue weighted by Crippen LogP contribution is -2.25. The zero-order valence-corrected chi connectivity index (χ0v) is 8.83. The van der Waals surface area contributed by atoms with Crippen molar-refractivity contribution in [2.45, 2.75) is 38.1 Å². The van der Waals surface area contributed by atoms with E-state index in [1.807, 2.05) is 0 Å². The minimum Gasteiger partial charge on any atom is -0.271 e. The molecule has 2 heteroatoms. The molecule has 2 atom stereocenters. The standard InChI is InChI=1S/C12H18N2/c1-8(2)9-3-5-10(6-4-9)11-7-12(11)14-13/h3-6,8,11-12,14H,7,13H2,1-2H3/t11-,12+/m1/s1. The monoisotopic (exact) mass is 190 g/mol. The number of hydrogen-bond acceptors (Lipinski definition) is 2. The van der Waals surface area contributed by atoms with Gasteiger partial charge in [-0.2, -0.15) is 0 Å². The van der Waals surface area contributed by atoms with Crippen molar-refractivity contribution in [2.24, 2.45) is 5.84 Å². The lowest BCUT2D eigenvalue weighted by Gasteiger charge is -2.06. The second kappa shape index (κ2) is 3.71. The van der Waals surface area contributed by atoms with E-state index >= 15 is 0 Å². The molecule has 0 heterocycles. The normalized spacial score (nSPS) is 25.4. The van der Waals surface area contributed by atoms with Crippen LogP contribution in [0.1, 0.15) is 43.2 Å². The first-order valence-corrected chi connectivity index (χ1v) is 5.28. The van der Waals surface area contributed by atoms with Gasteiger partial charge in [-0.1, -0.05) is 38.1 Å². The summed E-state index contributed by atoms with van der Waals surface area (Å²) in [5.74, 6) is 6.65. The maximum Gasteiger partial charge on any atom is 0.0286 e. The van der Waals surface area contributed by atoms with E-state index in [4.69, 9.17) is 5.84 Å². The van der Waals surface area contributed by atoms with Gasteiger partial charge in [-0.15, -0.1) is 0 Å². The molecule has 0 unspecified atom stereocenters. The van der Waals surface area contributed by atoms with Crippen LogP contribution in [0.3, 0.4) is 0 Å². The van der Waals surface area contributed by atoms with E-state index in [9.17, 15) is 0 Å². The van der Waals surface area contributed by atoms with Crippen LogP contribution in [0.25, 0.3) is 0 Å². The summed E-state index contributed by atoms with van der Waals surface area (Å²) in [6.45, 7) is 4.44. The van der Waals surface area contributed by atoms with E-state index in [0.29, 0.717) is 17.9 Å². The Morgan fingerprint density at radius 3 is 2.36 bits per heavy atom. The predicted molar refractivity (Wildman–Crippen MR) is 59.0 cm³/mol. The van der Waals surface area contributed by atoms with Gasteiger partial charge in [0.05, 0.1) is 0 Å². The van der Waals surface area contributed by atoms with Gasteiger partial charge in [-0.05, 0) is 23.5 Å². The molecule has 1 fully saturated rings. The van der Waals surface area contributed by atoms with E-state index in [1.165, 1.54) is 17.5 Å². The molecular weight excluding hydrogens is 172 g/mol. The third-order valence-electron chi connectivity index (χ3n) is 3.04. The number of hydrazine groups is 1. The summed E-state index contributed by atoms with van der Waals surface area (Å²) >= 11 is 0. The van der Waals surface area contributed by atoms with Crippen molar-refractivity contribution >= 4 is 0 Å². The highest BCUT2D eigenvalue weighted by atomic mass is 15.3. The largest absolute Gasteiger partial charge is 0.271 e. The minimum atomic E-state index is 0.500. The van der Waals surface area contributed by atoms with Crippen LogP contribution in [-0.2, 0) is 0 Å². The smallest absolute Gasteiger partial charge is 0.0286 e. The Bertz CT molecular complexity index is 303. The van der Waals surface area contributed by atoms with E-state index in [-0.39, 0.29) is 0 Å². The molecule has 0 aliphatic heterocycles. The van der Waals surface area contributed by atoms with Crippen LogP contribution < -0.4 is 11.3 Å². The highest BCUT2D eigenvalue weighted by molar-refractivity contribution is 5.31. The zero-order chi connectivity index (χ0) is 10.1. The Morgan fingerprint density at radius 2 is 1.93 bits per heavy atom. The Morgan fingerprint density at radius 1 is 1.29 bits per heavy atom. The van der Waals surface area contributed by atoms with Crippen molar-refractivity contribution in [1.29, 1.82) is 0 Å². The number of hydrogen-bond donors (Lipinski definition) is 2. The van der Waals surface area contributed by atoms with Crippen LogP contribution in [0.2, 0.25) is 0 Å². The van der Waals surface area contributed by atoms with Crippen molar-refractivity contribution in [3.63, 3.8) is 0 Å². The molecule has 2 rings (SSSR count). The summed E-state index contributed by atoms with van der Waals surface area (Å²) < 4.78 is 0. The molecule has 0 radical (unpaired) electrons. The second-order valence-corrected chi connectivity index (χ2v) is 4.44. The molecule has 0 spiro atoms.